The summed E-state index contributed by atoms with van der Waals surface area (Å²) in [7, 11) is 0. The Bertz CT molecular complexity index is 345. The number of nitrogen functional groups attached to an aromatic ring is 1. The number of anilines is 1. The first kappa shape index (κ1) is 10.8. The molecule has 0 amide bonds. The second kappa shape index (κ2) is 3.48. The van der Waals surface area contributed by atoms with Crippen LogP contribution in [0.1, 0.15) is 23.7 Å². The zero-order valence-electron chi connectivity index (χ0n) is 7.94. The Morgan fingerprint density at radius 2 is 2.00 bits per heavy atom. The van der Waals surface area contributed by atoms with E-state index in [1.807, 2.05) is 0 Å². The van der Waals surface area contributed by atoms with Crippen LogP contribution in [0.3, 0.4) is 0 Å². The van der Waals surface area contributed by atoms with Crippen LogP contribution >= 0.6 is 0 Å². The molecule has 2 N–H and O–H groups in total. The number of nitrogens with zero attached hydrogens (tertiary/aromatic N) is 1. The van der Waals surface area contributed by atoms with Crippen molar-refractivity contribution in [2.75, 3.05) is 5.73 Å². The standard InChI is InChI=1S/C9H11F3N2/c1-3-6-8(9(10,11)12)5(2)4-7(13)14-6/h4H,3H2,1-2H3,(H2,13,14). The quantitative estimate of drug-likeness (QED) is 0.763. The van der Waals surface area contributed by atoms with E-state index in [0.717, 1.165) is 0 Å². The van der Waals surface area contributed by atoms with E-state index in [9.17, 15) is 13.2 Å². The van der Waals surface area contributed by atoms with Gasteiger partial charge in [0.1, 0.15) is 5.82 Å². The lowest BCUT2D eigenvalue weighted by molar-refractivity contribution is -0.138. The van der Waals surface area contributed by atoms with Crippen LogP contribution in [-0.4, -0.2) is 4.98 Å². The van der Waals surface area contributed by atoms with Crippen molar-refractivity contribution in [3.63, 3.8) is 0 Å². The lowest BCUT2D eigenvalue weighted by atomic mass is 10.1. The molecule has 0 spiro atoms. The molecule has 78 valence electrons. The van der Waals surface area contributed by atoms with Crippen molar-refractivity contribution in [2.24, 2.45) is 0 Å². The fourth-order valence-corrected chi connectivity index (χ4v) is 1.41. The maximum absolute atomic E-state index is 12.5. The molecule has 1 heterocycles. The van der Waals surface area contributed by atoms with Crippen molar-refractivity contribution < 1.29 is 13.2 Å². The monoisotopic (exact) mass is 204 g/mol. The van der Waals surface area contributed by atoms with Gasteiger partial charge >= 0.3 is 6.18 Å². The molecule has 0 fully saturated rings. The Kier molecular flexibility index (Phi) is 2.69. The first-order chi connectivity index (χ1) is 6.36. The van der Waals surface area contributed by atoms with Gasteiger partial charge in [-0.05, 0) is 25.0 Å². The van der Waals surface area contributed by atoms with Gasteiger partial charge in [0.05, 0.1) is 11.3 Å². The van der Waals surface area contributed by atoms with E-state index < -0.39 is 11.7 Å². The summed E-state index contributed by atoms with van der Waals surface area (Å²) in [6.07, 6.45) is -4.13. The Balaban J connectivity index is 3.40. The number of hydrogen-bond donors (Lipinski definition) is 1. The Labute approximate surface area is 79.9 Å². The number of alkyl halides is 3. The molecule has 0 atom stereocenters. The van der Waals surface area contributed by atoms with E-state index in [1.165, 1.54) is 13.0 Å². The van der Waals surface area contributed by atoms with Crippen molar-refractivity contribution in [1.29, 1.82) is 0 Å². The number of aromatic nitrogens is 1. The van der Waals surface area contributed by atoms with Crippen molar-refractivity contribution in [1.82, 2.24) is 4.98 Å². The van der Waals surface area contributed by atoms with Gasteiger partial charge in [-0.15, -0.1) is 0 Å². The van der Waals surface area contributed by atoms with Crippen LogP contribution in [-0.2, 0) is 12.6 Å². The number of hydrogen-bond acceptors (Lipinski definition) is 2. The predicted molar refractivity (Wildman–Crippen MR) is 47.8 cm³/mol. The van der Waals surface area contributed by atoms with Crippen LogP contribution in [0.2, 0.25) is 0 Å². The lowest BCUT2D eigenvalue weighted by Gasteiger charge is -2.14. The second-order valence-corrected chi connectivity index (χ2v) is 3.04. The molecule has 0 aliphatic rings. The smallest absolute Gasteiger partial charge is 0.384 e. The Hall–Kier alpha value is -1.26. The van der Waals surface area contributed by atoms with E-state index in [2.05, 4.69) is 4.98 Å². The van der Waals surface area contributed by atoms with Crippen LogP contribution in [0.15, 0.2) is 6.07 Å². The summed E-state index contributed by atoms with van der Waals surface area (Å²) in [5.74, 6) is 0.132. The van der Waals surface area contributed by atoms with Gasteiger partial charge in [0, 0.05) is 0 Å². The molecule has 0 aromatic carbocycles. The van der Waals surface area contributed by atoms with Gasteiger partial charge in [-0.1, -0.05) is 6.92 Å². The summed E-state index contributed by atoms with van der Waals surface area (Å²) < 4.78 is 37.6. The minimum Gasteiger partial charge on any atom is -0.384 e. The van der Waals surface area contributed by atoms with E-state index in [1.54, 1.807) is 6.92 Å². The van der Waals surface area contributed by atoms with Gasteiger partial charge in [0.25, 0.3) is 0 Å². The summed E-state index contributed by atoms with van der Waals surface area (Å²) >= 11 is 0. The van der Waals surface area contributed by atoms with Crippen LogP contribution < -0.4 is 5.73 Å². The predicted octanol–water partition coefficient (Wildman–Crippen LogP) is 2.55. The summed E-state index contributed by atoms with van der Waals surface area (Å²) in [5, 5.41) is 0. The van der Waals surface area contributed by atoms with Crippen LogP contribution in [0.25, 0.3) is 0 Å². The Morgan fingerprint density at radius 3 is 2.43 bits per heavy atom. The molecule has 0 aliphatic carbocycles. The highest BCUT2D eigenvalue weighted by Gasteiger charge is 2.35. The molecule has 14 heavy (non-hydrogen) atoms. The SMILES string of the molecule is CCc1nc(N)cc(C)c1C(F)(F)F. The number of pyridine rings is 1. The van der Waals surface area contributed by atoms with Crippen LogP contribution in [0.4, 0.5) is 19.0 Å². The molecule has 1 aromatic heterocycles. The van der Waals surface area contributed by atoms with Crippen molar-refractivity contribution in [3.8, 4) is 0 Å². The average molecular weight is 204 g/mol. The number of nitrogens with two attached hydrogens (primary N) is 1. The number of rotatable bonds is 1. The largest absolute Gasteiger partial charge is 0.418 e. The summed E-state index contributed by atoms with van der Waals surface area (Å²) in [4.78, 5) is 3.68. The molecule has 5 heteroatoms. The van der Waals surface area contributed by atoms with Crippen molar-refractivity contribution in [3.05, 3.63) is 22.9 Å². The van der Waals surface area contributed by atoms with Crippen molar-refractivity contribution in [2.45, 2.75) is 26.4 Å². The molecule has 0 saturated heterocycles. The average Bonchev–Trinajstić information content (AvgIpc) is 1.99. The van der Waals surface area contributed by atoms with Gasteiger partial charge in [-0.25, -0.2) is 4.98 Å². The summed E-state index contributed by atoms with van der Waals surface area (Å²) in [6.45, 7) is 3.01. The Morgan fingerprint density at radius 1 is 1.43 bits per heavy atom. The van der Waals surface area contributed by atoms with Gasteiger partial charge in [-0.2, -0.15) is 13.2 Å². The maximum Gasteiger partial charge on any atom is 0.418 e. The second-order valence-electron chi connectivity index (χ2n) is 3.04. The van der Waals surface area contributed by atoms with Gasteiger partial charge in [-0.3, -0.25) is 0 Å². The molecular formula is C9H11F3N2. The normalized spacial score (nSPS) is 11.8. The third-order valence-electron chi connectivity index (χ3n) is 1.93. The highest BCUT2D eigenvalue weighted by atomic mass is 19.4. The van der Waals surface area contributed by atoms with E-state index >= 15 is 0 Å². The van der Waals surface area contributed by atoms with Crippen molar-refractivity contribution >= 4 is 5.82 Å². The molecule has 1 rings (SSSR count). The van der Waals surface area contributed by atoms with Crippen LogP contribution in [0.5, 0.6) is 0 Å². The van der Waals surface area contributed by atoms with E-state index in [0.29, 0.717) is 0 Å². The third kappa shape index (κ3) is 1.97. The van der Waals surface area contributed by atoms with Gasteiger partial charge < -0.3 is 5.73 Å². The molecule has 2 nitrogen and oxygen atoms in total. The number of halogens is 3. The number of aryl methyl sites for hydroxylation is 2. The van der Waals surface area contributed by atoms with Gasteiger partial charge in [0.15, 0.2) is 0 Å². The molecule has 0 bridgehead atoms. The zero-order chi connectivity index (χ0) is 10.9. The highest BCUT2D eigenvalue weighted by molar-refractivity contribution is 5.42. The first-order valence-corrected chi connectivity index (χ1v) is 4.19. The van der Waals surface area contributed by atoms with Crippen LogP contribution in [0, 0.1) is 6.92 Å². The lowest BCUT2D eigenvalue weighted by Crippen LogP contribution is -2.13. The minimum atomic E-state index is -4.35. The first-order valence-electron chi connectivity index (χ1n) is 4.19. The molecule has 0 unspecified atom stereocenters. The summed E-state index contributed by atoms with van der Waals surface area (Å²) in [6, 6.07) is 1.24. The molecule has 0 saturated carbocycles. The molecular weight excluding hydrogens is 193 g/mol. The summed E-state index contributed by atoms with van der Waals surface area (Å²) in [5.41, 5.74) is 4.85. The zero-order valence-corrected chi connectivity index (χ0v) is 7.94. The highest BCUT2D eigenvalue weighted by Crippen LogP contribution is 2.34. The van der Waals surface area contributed by atoms with E-state index in [4.69, 9.17) is 5.73 Å². The fourth-order valence-electron chi connectivity index (χ4n) is 1.41. The minimum absolute atomic E-state index is 0.00926. The van der Waals surface area contributed by atoms with Gasteiger partial charge in [0.2, 0.25) is 0 Å². The maximum atomic E-state index is 12.5. The fraction of sp³-hybridized carbons (Fsp3) is 0.444. The molecule has 0 aliphatic heterocycles. The third-order valence-corrected chi connectivity index (χ3v) is 1.93. The molecule has 0 radical (unpaired) electrons. The molecule has 1 aromatic rings. The van der Waals surface area contributed by atoms with E-state index in [-0.39, 0.29) is 23.5 Å². The topological polar surface area (TPSA) is 38.9 Å².